The molecule has 0 aromatic heterocycles. The molecule has 4 heteroatoms. The summed E-state index contributed by atoms with van der Waals surface area (Å²) in [4.78, 5) is 11.1. The minimum Gasteiger partial charge on any atom is -0.421 e. The SMILES string of the molecule is CCCCCCCCCCCCCCCCCC(=O)OC(O)Cl. The molecule has 0 aliphatic heterocycles. The van der Waals surface area contributed by atoms with Gasteiger partial charge in [0, 0.05) is 6.42 Å². The van der Waals surface area contributed by atoms with Gasteiger partial charge in [-0.3, -0.25) is 4.79 Å². The molecule has 0 aliphatic carbocycles. The van der Waals surface area contributed by atoms with Gasteiger partial charge in [0.2, 0.25) is 0 Å². The molecule has 1 unspecified atom stereocenters. The van der Waals surface area contributed by atoms with Gasteiger partial charge in [-0.1, -0.05) is 96.8 Å². The van der Waals surface area contributed by atoms with Crippen LogP contribution in [0.3, 0.4) is 0 Å². The standard InChI is InChI=1S/C19H37ClO3/c1-2-3-4-5-6-7-8-9-10-11-12-13-14-15-16-17-18(21)23-19(20)22/h19,22H,2-17H2,1H3. The fourth-order valence-electron chi connectivity index (χ4n) is 2.81. The maximum absolute atomic E-state index is 11.1. The van der Waals surface area contributed by atoms with E-state index < -0.39 is 11.7 Å². The summed E-state index contributed by atoms with van der Waals surface area (Å²) >= 11 is 5.16. The zero-order chi connectivity index (χ0) is 17.2. The van der Waals surface area contributed by atoms with Gasteiger partial charge >= 0.3 is 5.97 Å². The van der Waals surface area contributed by atoms with Crippen molar-refractivity contribution in [2.75, 3.05) is 0 Å². The van der Waals surface area contributed by atoms with Crippen LogP contribution in [0.4, 0.5) is 0 Å². The zero-order valence-corrected chi connectivity index (χ0v) is 15.8. The molecule has 23 heavy (non-hydrogen) atoms. The van der Waals surface area contributed by atoms with Crippen LogP contribution in [0.15, 0.2) is 0 Å². The van der Waals surface area contributed by atoms with Crippen molar-refractivity contribution in [3.8, 4) is 0 Å². The molecule has 3 nitrogen and oxygen atoms in total. The van der Waals surface area contributed by atoms with Crippen molar-refractivity contribution in [1.29, 1.82) is 0 Å². The quantitative estimate of drug-likeness (QED) is 0.145. The second-order valence-corrected chi connectivity index (χ2v) is 6.86. The lowest BCUT2D eigenvalue weighted by Gasteiger charge is -2.05. The fraction of sp³-hybridized carbons (Fsp3) is 0.947. The third-order valence-corrected chi connectivity index (χ3v) is 4.30. The molecule has 0 saturated heterocycles. The van der Waals surface area contributed by atoms with Crippen molar-refractivity contribution in [3.05, 3.63) is 0 Å². The number of aliphatic hydroxyl groups is 1. The predicted octanol–water partition coefficient (Wildman–Crippen LogP) is 6.31. The third-order valence-electron chi connectivity index (χ3n) is 4.21. The highest BCUT2D eigenvalue weighted by Crippen LogP contribution is 2.13. The summed E-state index contributed by atoms with van der Waals surface area (Å²) in [6.45, 7) is 2.26. The van der Waals surface area contributed by atoms with E-state index in [1.54, 1.807) is 0 Å². The van der Waals surface area contributed by atoms with Gasteiger partial charge in [0.05, 0.1) is 0 Å². The van der Waals surface area contributed by atoms with Crippen LogP contribution in [0.1, 0.15) is 110 Å². The minimum absolute atomic E-state index is 0.349. The van der Waals surface area contributed by atoms with Crippen LogP contribution in [0.5, 0.6) is 0 Å². The Morgan fingerprint density at radius 1 is 0.783 bits per heavy atom. The number of alkyl halides is 1. The smallest absolute Gasteiger partial charge is 0.309 e. The van der Waals surface area contributed by atoms with E-state index in [0.717, 1.165) is 12.8 Å². The van der Waals surface area contributed by atoms with Crippen molar-refractivity contribution in [1.82, 2.24) is 0 Å². The molecule has 0 bridgehead atoms. The topological polar surface area (TPSA) is 46.5 Å². The summed E-state index contributed by atoms with van der Waals surface area (Å²) in [6, 6.07) is 0. The van der Waals surface area contributed by atoms with Crippen molar-refractivity contribution >= 4 is 17.6 Å². The van der Waals surface area contributed by atoms with E-state index in [-0.39, 0.29) is 0 Å². The van der Waals surface area contributed by atoms with E-state index in [4.69, 9.17) is 16.7 Å². The molecule has 0 aromatic rings. The summed E-state index contributed by atoms with van der Waals surface area (Å²) in [5.41, 5.74) is 0. The highest BCUT2D eigenvalue weighted by Gasteiger charge is 2.06. The van der Waals surface area contributed by atoms with Gasteiger partial charge in [0.1, 0.15) is 0 Å². The van der Waals surface area contributed by atoms with Crippen LogP contribution in [0.2, 0.25) is 0 Å². The molecule has 1 N–H and O–H groups in total. The molecule has 0 radical (unpaired) electrons. The number of hydrogen-bond donors (Lipinski definition) is 1. The second kappa shape index (κ2) is 18.1. The summed E-state index contributed by atoms with van der Waals surface area (Å²) in [7, 11) is 0. The normalized spacial score (nSPS) is 12.3. The number of unbranched alkanes of at least 4 members (excludes halogenated alkanes) is 14. The molecule has 0 aromatic carbocycles. The van der Waals surface area contributed by atoms with E-state index in [0.29, 0.717) is 6.42 Å². The van der Waals surface area contributed by atoms with Crippen molar-refractivity contribution in [3.63, 3.8) is 0 Å². The highest BCUT2D eigenvalue weighted by molar-refractivity contribution is 6.19. The maximum atomic E-state index is 11.1. The van der Waals surface area contributed by atoms with Crippen LogP contribution in [0, 0.1) is 0 Å². The average Bonchev–Trinajstić information content (AvgIpc) is 2.50. The lowest BCUT2D eigenvalue weighted by atomic mass is 10.0. The zero-order valence-electron chi connectivity index (χ0n) is 15.0. The summed E-state index contributed by atoms with van der Waals surface area (Å²) < 4.78 is 4.45. The van der Waals surface area contributed by atoms with Gasteiger partial charge in [-0.15, -0.1) is 0 Å². The molecule has 0 spiro atoms. The van der Waals surface area contributed by atoms with Gasteiger partial charge < -0.3 is 9.84 Å². The van der Waals surface area contributed by atoms with E-state index in [1.807, 2.05) is 0 Å². The Morgan fingerprint density at radius 3 is 1.48 bits per heavy atom. The second-order valence-electron chi connectivity index (χ2n) is 6.48. The van der Waals surface area contributed by atoms with E-state index >= 15 is 0 Å². The van der Waals surface area contributed by atoms with Crippen LogP contribution in [-0.4, -0.2) is 16.8 Å². The maximum Gasteiger partial charge on any atom is 0.309 e. The largest absolute Gasteiger partial charge is 0.421 e. The minimum atomic E-state index is -1.50. The number of halogens is 1. The molecule has 0 rings (SSSR count). The first-order valence-electron chi connectivity index (χ1n) is 9.68. The summed E-state index contributed by atoms with van der Waals surface area (Å²) in [5, 5.41) is 8.67. The lowest BCUT2D eigenvalue weighted by molar-refractivity contribution is -0.156. The van der Waals surface area contributed by atoms with E-state index in [1.165, 1.54) is 83.5 Å². The molecule has 0 amide bonds. The molecule has 138 valence electrons. The Bertz CT molecular complexity index is 257. The Kier molecular flexibility index (Phi) is 17.8. The van der Waals surface area contributed by atoms with Gasteiger partial charge in [0.25, 0.3) is 5.75 Å². The molecule has 0 saturated carbocycles. The molecular weight excluding hydrogens is 312 g/mol. The Hall–Kier alpha value is -0.280. The number of aliphatic hydroxyl groups excluding tert-OH is 1. The van der Waals surface area contributed by atoms with E-state index in [2.05, 4.69) is 11.7 Å². The molecule has 0 fully saturated rings. The number of esters is 1. The Labute approximate surface area is 148 Å². The van der Waals surface area contributed by atoms with Gasteiger partial charge in [-0.25, -0.2) is 0 Å². The predicted molar refractivity (Wildman–Crippen MR) is 97.5 cm³/mol. The van der Waals surface area contributed by atoms with Gasteiger partial charge in [-0.05, 0) is 18.0 Å². The number of carbonyl (C=O) groups excluding carboxylic acids is 1. The first-order valence-corrected chi connectivity index (χ1v) is 10.1. The Morgan fingerprint density at radius 2 is 1.13 bits per heavy atom. The first kappa shape index (κ1) is 22.7. The van der Waals surface area contributed by atoms with Crippen molar-refractivity contribution < 1.29 is 14.6 Å². The highest BCUT2D eigenvalue weighted by atomic mass is 35.5. The van der Waals surface area contributed by atoms with Crippen molar-refractivity contribution in [2.45, 2.75) is 115 Å². The van der Waals surface area contributed by atoms with E-state index in [9.17, 15) is 4.79 Å². The van der Waals surface area contributed by atoms with Gasteiger partial charge in [0.15, 0.2) is 0 Å². The fourth-order valence-corrected chi connectivity index (χ4v) is 2.91. The number of ether oxygens (including phenoxy) is 1. The van der Waals surface area contributed by atoms with Crippen LogP contribution in [-0.2, 0) is 9.53 Å². The molecule has 0 aliphatic rings. The van der Waals surface area contributed by atoms with Crippen LogP contribution >= 0.6 is 11.6 Å². The number of carbonyl (C=O) groups is 1. The van der Waals surface area contributed by atoms with Gasteiger partial charge in [-0.2, -0.15) is 0 Å². The average molecular weight is 349 g/mol. The monoisotopic (exact) mass is 348 g/mol. The number of rotatable bonds is 17. The lowest BCUT2D eigenvalue weighted by Crippen LogP contribution is -2.11. The Balaban J connectivity index is 3.06. The third kappa shape index (κ3) is 19.7. The van der Waals surface area contributed by atoms with Crippen LogP contribution in [0.25, 0.3) is 0 Å². The van der Waals surface area contributed by atoms with Crippen LogP contribution < -0.4 is 0 Å². The molecular formula is C19H37ClO3. The summed E-state index contributed by atoms with van der Waals surface area (Å²) in [6.07, 6.45) is 19.9. The molecule has 0 heterocycles. The van der Waals surface area contributed by atoms with Crippen molar-refractivity contribution in [2.24, 2.45) is 0 Å². The summed E-state index contributed by atoms with van der Waals surface area (Å²) in [5.74, 6) is -1.92. The first-order chi connectivity index (χ1) is 11.2. The number of hydrogen-bond acceptors (Lipinski definition) is 3. The molecule has 1 atom stereocenters.